The Kier molecular flexibility index (Phi) is 6.83. The van der Waals surface area contributed by atoms with E-state index in [4.69, 9.17) is 21.1 Å². The van der Waals surface area contributed by atoms with Crippen LogP contribution in [-0.2, 0) is 20.7 Å². The first-order chi connectivity index (χ1) is 12.0. The van der Waals surface area contributed by atoms with E-state index in [1.54, 1.807) is 37.4 Å². The maximum absolute atomic E-state index is 11.9. The molecule has 0 unspecified atom stereocenters. The summed E-state index contributed by atoms with van der Waals surface area (Å²) in [5, 5.41) is 3.33. The number of carbonyl (C=O) groups is 2. The van der Waals surface area contributed by atoms with Crippen LogP contribution in [0.3, 0.4) is 0 Å². The van der Waals surface area contributed by atoms with Crippen LogP contribution < -0.4 is 10.1 Å². The SMILES string of the molecule is COc1ccc(CC(=O)OCC(=O)N[C@H](C)c2ccccc2Cl)cc1. The lowest BCUT2D eigenvalue weighted by atomic mass is 10.1. The van der Waals surface area contributed by atoms with Gasteiger partial charge in [0.25, 0.3) is 5.91 Å². The summed E-state index contributed by atoms with van der Waals surface area (Å²) in [6, 6.07) is 14.1. The molecule has 0 saturated carbocycles. The molecule has 1 amide bonds. The second kappa shape index (κ2) is 9.08. The molecule has 0 saturated heterocycles. The van der Waals surface area contributed by atoms with E-state index in [0.29, 0.717) is 10.8 Å². The fourth-order valence-electron chi connectivity index (χ4n) is 2.29. The second-order valence-electron chi connectivity index (χ2n) is 5.50. The normalized spacial score (nSPS) is 11.5. The average Bonchev–Trinajstić information content (AvgIpc) is 2.61. The predicted molar refractivity (Wildman–Crippen MR) is 95.7 cm³/mol. The topological polar surface area (TPSA) is 64.6 Å². The Hall–Kier alpha value is -2.53. The van der Waals surface area contributed by atoms with Crippen LogP contribution in [-0.4, -0.2) is 25.6 Å². The molecule has 0 bridgehead atoms. The summed E-state index contributed by atoms with van der Waals surface area (Å²) in [7, 11) is 1.57. The van der Waals surface area contributed by atoms with Gasteiger partial charge in [0, 0.05) is 5.02 Å². The lowest BCUT2D eigenvalue weighted by Crippen LogP contribution is -2.31. The van der Waals surface area contributed by atoms with Gasteiger partial charge < -0.3 is 14.8 Å². The Morgan fingerprint density at radius 3 is 2.44 bits per heavy atom. The van der Waals surface area contributed by atoms with Gasteiger partial charge in [0.15, 0.2) is 6.61 Å². The van der Waals surface area contributed by atoms with Crippen molar-refractivity contribution in [3.63, 3.8) is 0 Å². The number of esters is 1. The van der Waals surface area contributed by atoms with Gasteiger partial charge in [0.1, 0.15) is 5.75 Å². The van der Waals surface area contributed by atoms with Crippen molar-refractivity contribution in [1.82, 2.24) is 5.32 Å². The first-order valence-electron chi connectivity index (χ1n) is 7.82. The van der Waals surface area contributed by atoms with E-state index >= 15 is 0 Å². The number of hydrogen-bond acceptors (Lipinski definition) is 4. The van der Waals surface area contributed by atoms with Crippen LogP contribution in [0.4, 0.5) is 0 Å². The third kappa shape index (κ3) is 5.80. The number of halogens is 1. The minimum atomic E-state index is -0.467. The summed E-state index contributed by atoms with van der Waals surface area (Å²) in [5.41, 5.74) is 1.60. The Bertz CT molecular complexity index is 730. The molecule has 2 aromatic carbocycles. The predicted octanol–water partition coefficient (Wildman–Crippen LogP) is 3.31. The first-order valence-corrected chi connectivity index (χ1v) is 8.19. The molecule has 0 radical (unpaired) electrons. The van der Waals surface area contributed by atoms with Crippen LogP contribution in [0.15, 0.2) is 48.5 Å². The summed E-state index contributed by atoms with van der Waals surface area (Å²) in [6.45, 7) is 1.49. The highest BCUT2D eigenvalue weighted by molar-refractivity contribution is 6.31. The molecular weight excluding hydrogens is 342 g/mol. The fourth-order valence-corrected chi connectivity index (χ4v) is 2.59. The maximum atomic E-state index is 11.9. The molecule has 0 aliphatic rings. The van der Waals surface area contributed by atoms with Gasteiger partial charge in [0.05, 0.1) is 19.6 Å². The minimum Gasteiger partial charge on any atom is -0.497 e. The summed E-state index contributed by atoms with van der Waals surface area (Å²) in [4.78, 5) is 23.8. The molecule has 5 nitrogen and oxygen atoms in total. The number of rotatable bonds is 7. The number of ether oxygens (including phenoxy) is 2. The van der Waals surface area contributed by atoms with Gasteiger partial charge in [-0.3, -0.25) is 9.59 Å². The minimum absolute atomic E-state index is 0.0946. The highest BCUT2D eigenvalue weighted by atomic mass is 35.5. The van der Waals surface area contributed by atoms with Crippen LogP contribution in [0.1, 0.15) is 24.1 Å². The number of nitrogens with one attached hydrogen (secondary N) is 1. The van der Waals surface area contributed by atoms with Crippen LogP contribution >= 0.6 is 11.6 Å². The van der Waals surface area contributed by atoms with Crippen molar-refractivity contribution in [2.24, 2.45) is 0 Å². The highest BCUT2D eigenvalue weighted by Gasteiger charge is 2.14. The smallest absolute Gasteiger partial charge is 0.310 e. The van der Waals surface area contributed by atoms with Crippen LogP contribution in [0.25, 0.3) is 0 Å². The lowest BCUT2D eigenvalue weighted by Gasteiger charge is -2.15. The van der Waals surface area contributed by atoms with E-state index in [-0.39, 0.29) is 25.0 Å². The van der Waals surface area contributed by atoms with Gasteiger partial charge >= 0.3 is 5.97 Å². The molecule has 0 aromatic heterocycles. The van der Waals surface area contributed by atoms with Gasteiger partial charge in [-0.05, 0) is 36.2 Å². The monoisotopic (exact) mass is 361 g/mol. The van der Waals surface area contributed by atoms with E-state index in [1.165, 1.54) is 0 Å². The van der Waals surface area contributed by atoms with Gasteiger partial charge in [-0.1, -0.05) is 41.9 Å². The molecule has 25 heavy (non-hydrogen) atoms. The van der Waals surface area contributed by atoms with E-state index in [2.05, 4.69) is 5.32 Å². The molecule has 0 heterocycles. The molecule has 2 aromatic rings. The fraction of sp³-hybridized carbons (Fsp3) is 0.263. The second-order valence-corrected chi connectivity index (χ2v) is 5.90. The van der Waals surface area contributed by atoms with E-state index in [9.17, 15) is 9.59 Å². The van der Waals surface area contributed by atoms with Crippen molar-refractivity contribution >= 4 is 23.5 Å². The summed E-state index contributed by atoms with van der Waals surface area (Å²) in [5.74, 6) is -0.133. The van der Waals surface area contributed by atoms with Gasteiger partial charge in [-0.2, -0.15) is 0 Å². The standard InChI is InChI=1S/C19H20ClNO4/c1-13(16-5-3-4-6-17(16)20)21-18(22)12-25-19(23)11-14-7-9-15(24-2)10-8-14/h3-10,13H,11-12H2,1-2H3,(H,21,22)/t13-/m1/s1. The van der Waals surface area contributed by atoms with Crippen LogP contribution in [0.2, 0.25) is 5.02 Å². The van der Waals surface area contributed by atoms with E-state index in [1.807, 2.05) is 25.1 Å². The Balaban J connectivity index is 1.78. The van der Waals surface area contributed by atoms with Crippen molar-refractivity contribution in [3.8, 4) is 5.75 Å². The quantitative estimate of drug-likeness (QED) is 0.768. The molecule has 0 aliphatic heterocycles. The lowest BCUT2D eigenvalue weighted by molar-refractivity contribution is -0.148. The van der Waals surface area contributed by atoms with Crippen LogP contribution in [0.5, 0.6) is 5.75 Å². The van der Waals surface area contributed by atoms with E-state index < -0.39 is 5.97 Å². The maximum Gasteiger partial charge on any atom is 0.310 e. The molecule has 1 atom stereocenters. The molecule has 2 rings (SSSR count). The zero-order valence-electron chi connectivity index (χ0n) is 14.1. The Morgan fingerprint density at radius 2 is 1.80 bits per heavy atom. The Labute approximate surface area is 151 Å². The first kappa shape index (κ1) is 18.8. The number of benzene rings is 2. The summed E-state index contributed by atoms with van der Waals surface area (Å²) < 4.78 is 10.1. The number of amides is 1. The molecule has 1 N–H and O–H groups in total. The third-order valence-electron chi connectivity index (χ3n) is 3.62. The van der Waals surface area contributed by atoms with Crippen molar-refractivity contribution in [2.45, 2.75) is 19.4 Å². The molecule has 6 heteroatoms. The molecule has 0 aliphatic carbocycles. The van der Waals surface area contributed by atoms with Crippen molar-refractivity contribution in [1.29, 1.82) is 0 Å². The third-order valence-corrected chi connectivity index (χ3v) is 3.97. The number of carbonyl (C=O) groups excluding carboxylic acids is 2. The largest absolute Gasteiger partial charge is 0.497 e. The molecule has 0 spiro atoms. The van der Waals surface area contributed by atoms with Gasteiger partial charge in [-0.25, -0.2) is 0 Å². The van der Waals surface area contributed by atoms with Crippen molar-refractivity contribution in [2.75, 3.05) is 13.7 Å². The average molecular weight is 362 g/mol. The van der Waals surface area contributed by atoms with Crippen molar-refractivity contribution in [3.05, 3.63) is 64.7 Å². The van der Waals surface area contributed by atoms with Crippen LogP contribution in [0, 0.1) is 0 Å². The van der Waals surface area contributed by atoms with Gasteiger partial charge in [-0.15, -0.1) is 0 Å². The van der Waals surface area contributed by atoms with E-state index in [0.717, 1.165) is 11.1 Å². The highest BCUT2D eigenvalue weighted by Crippen LogP contribution is 2.21. The molecule has 132 valence electrons. The number of methoxy groups -OCH3 is 1. The van der Waals surface area contributed by atoms with Gasteiger partial charge in [0.2, 0.25) is 0 Å². The zero-order valence-corrected chi connectivity index (χ0v) is 14.9. The number of hydrogen-bond donors (Lipinski definition) is 1. The molecule has 0 fully saturated rings. The summed E-state index contributed by atoms with van der Waals surface area (Å²) in [6.07, 6.45) is 0.0946. The Morgan fingerprint density at radius 1 is 1.12 bits per heavy atom. The van der Waals surface area contributed by atoms with Crippen molar-refractivity contribution < 1.29 is 19.1 Å². The summed E-state index contributed by atoms with van der Waals surface area (Å²) >= 11 is 6.10. The molecular formula is C19H20ClNO4. The zero-order chi connectivity index (χ0) is 18.2.